The van der Waals surface area contributed by atoms with Crippen LogP contribution in [-0.2, 0) is 14.4 Å². The number of phenols is 1. The van der Waals surface area contributed by atoms with Crippen LogP contribution in [0.25, 0.3) is 0 Å². The normalized spacial score (nSPS) is 28.0. The molecule has 3 aromatic carbocycles. The molecule has 7 atom stereocenters. The summed E-state index contributed by atoms with van der Waals surface area (Å²) in [6, 6.07) is 23.0. The summed E-state index contributed by atoms with van der Waals surface area (Å²) in [6.07, 6.45) is 0.824. The smallest absolute Gasteiger partial charge is 0.305 e. The van der Waals surface area contributed by atoms with Crippen LogP contribution in [0.3, 0.4) is 0 Å². The second-order valence-corrected chi connectivity index (χ2v) is 14.0. The summed E-state index contributed by atoms with van der Waals surface area (Å²) >= 11 is 2.88. The number of phenolic OH excluding ortho intramolecular Hbond substituents is 1. The monoisotopic (exact) mass is 625 g/mol. The molecule has 3 amide bonds. The Kier molecular flexibility index (Phi) is 6.42. The molecule has 3 heterocycles. The number of ether oxygens (including phenoxy) is 1. The van der Waals surface area contributed by atoms with Gasteiger partial charge in [-0.05, 0) is 78.3 Å². The van der Waals surface area contributed by atoms with E-state index in [0.717, 1.165) is 21.9 Å². The predicted molar refractivity (Wildman–Crippen MR) is 166 cm³/mol. The summed E-state index contributed by atoms with van der Waals surface area (Å²) in [5.74, 6) is -0.505. The Bertz CT molecular complexity index is 1840. The van der Waals surface area contributed by atoms with Crippen molar-refractivity contribution in [2.24, 2.45) is 29.6 Å². The first-order valence-electron chi connectivity index (χ1n) is 14.5. The zero-order valence-electron chi connectivity index (χ0n) is 23.2. The summed E-state index contributed by atoms with van der Waals surface area (Å²) < 4.78 is 5.75. The summed E-state index contributed by atoms with van der Waals surface area (Å²) in [5, 5.41) is 13.1. The average Bonchev–Trinajstić information content (AvgIpc) is 3.77. The first kappa shape index (κ1) is 27.2. The number of imide groups is 1. The average molecular weight is 626 g/mol. The summed E-state index contributed by atoms with van der Waals surface area (Å²) in [7, 11) is 0. The number of para-hydroxylation sites is 1. The van der Waals surface area contributed by atoms with E-state index in [4.69, 9.17) is 4.74 Å². The van der Waals surface area contributed by atoms with E-state index in [1.54, 1.807) is 23.9 Å². The molecule has 2 aliphatic heterocycles. The van der Waals surface area contributed by atoms with Crippen molar-refractivity contribution in [3.8, 4) is 11.5 Å². The molecule has 4 aromatic rings. The molecule has 2 saturated carbocycles. The number of rotatable bonds is 6. The van der Waals surface area contributed by atoms with E-state index in [1.807, 2.05) is 54.6 Å². The van der Waals surface area contributed by atoms with Gasteiger partial charge in [-0.1, -0.05) is 41.7 Å². The second kappa shape index (κ2) is 10.4. The van der Waals surface area contributed by atoms with Gasteiger partial charge in [-0.15, -0.1) is 11.8 Å². The Balaban J connectivity index is 1.05. The van der Waals surface area contributed by atoms with Crippen LogP contribution < -0.4 is 19.8 Å². The van der Waals surface area contributed by atoms with E-state index in [0.29, 0.717) is 17.1 Å². The van der Waals surface area contributed by atoms with Crippen LogP contribution in [0.2, 0.25) is 0 Å². The number of aromatic amines is 1. The molecule has 0 unspecified atom stereocenters. The highest BCUT2D eigenvalue weighted by Crippen LogP contribution is 2.68. The molecule has 9 nitrogen and oxygen atoms in total. The molecule has 3 N–H and O–H groups in total. The molecule has 2 bridgehead atoms. The molecule has 0 spiro atoms. The van der Waals surface area contributed by atoms with Crippen LogP contribution in [0, 0.1) is 29.6 Å². The number of nitrogens with zero attached hydrogens (tertiary/aromatic N) is 1. The van der Waals surface area contributed by atoms with Crippen molar-refractivity contribution in [2.75, 3.05) is 16.8 Å². The molecular formula is C33H27N3O6S2. The summed E-state index contributed by atoms with van der Waals surface area (Å²) in [5.41, 5.74) is 2.19. The zero-order chi connectivity index (χ0) is 30.1. The Hall–Kier alpha value is -4.35. The Labute approximate surface area is 260 Å². The number of carbonyl (C=O) groups excluding carboxylic acids is 3. The molecular weight excluding hydrogens is 599 g/mol. The molecule has 2 aliphatic carbocycles. The van der Waals surface area contributed by atoms with Gasteiger partial charge in [0, 0.05) is 21.7 Å². The lowest BCUT2D eigenvalue weighted by molar-refractivity contribution is -0.123. The number of H-pyrrole nitrogens is 1. The number of benzene rings is 3. The molecule has 3 fully saturated rings. The largest absolute Gasteiger partial charge is 0.508 e. The Morgan fingerprint density at radius 2 is 1.64 bits per heavy atom. The highest BCUT2D eigenvalue weighted by atomic mass is 32.2. The number of nitrogens with one attached hydrogen (secondary N) is 2. The van der Waals surface area contributed by atoms with E-state index in [2.05, 4.69) is 10.3 Å². The number of thioether (sulfide) groups is 1. The Morgan fingerprint density at radius 1 is 0.932 bits per heavy atom. The van der Waals surface area contributed by atoms with Crippen molar-refractivity contribution >= 4 is 52.2 Å². The van der Waals surface area contributed by atoms with Crippen molar-refractivity contribution in [1.82, 2.24) is 4.98 Å². The molecule has 11 heteroatoms. The molecule has 8 rings (SSSR count). The first-order chi connectivity index (χ1) is 21.4. The maximum absolute atomic E-state index is 13.8. The number of fused-ring (bicyclic) bond motifs is 9. The number of thiazole rings is 1. The first-order valence-corrected chi connectivity index (χ1v) is 16.2. The SMILES string of the molecule is O=C(COc1ccc([C@@H]2c3sc(=O)[nH]c3S[C@@H]3[C@@H]4C[C@@H]([C@@H]5C(=O)N(c6ccccc6)C(=O)[C@@H]45)[C@H]23)cc1)Nc1ccc(O)cc1. The maximum atomic E-state index is 13.8. The van der Waals surface area contributed by atoms with Gasteiger partial charge in [0.15, 0.2) is 6.61 Å². The minimum Gasteiger partial charge on any atom is -0.508 e. The third kappa shape index (κ3) is 4.28. The lowest BCUT2D eigenvalue weighted by atomic mass is 9.68. The Morgan fingerprint density at radius 3 is 2.36 bits per heavy atom. The van der Waals surface area contributed by atoms with Crippen molar-refractivity contribution in [2.45, 2.75) is 22.6 Å². The van der Waals surface area contributed by atoms with Crippen molar-refractivity contribution < 1.29 is 24.2 Å². The molecule has 0 radical (unpaired) electrons. The van der Waals surface area contributed by atoms with Gasteiger partial charge >= 0.3 is 4.87 Å². The summed E-state index contributed by atoms with van der Waals surface area (Å²) in [4.78, 5) is 57.8. The van der Waals surface area contributed by atoms with E-state index >= 15 is 0 Å². The van der Waals surface area contributed by atoms with E-state index < -0.39 is 0 Å². The van der Waals surface area contributed by atoms with Gasteiger partial charge in [-0.25, -0.2) is 0 Å². The minimum absolute atomic E-state index is 0.0301. The predicted octanol–water partition coefficient (Wildman–Crippen LogP) is 4.84. The van der Waals surface area contributed by atoms with Crippen LogP contribution >= 0.6 is 23.1 Å². The molecule has 222 valence electrons. The quantitative estimate of drug-likeness (QED) is 0.207. The van der Waals surface area contributed by atoms with E-state index in [9.17, 15) is 24.3 Å². The molecule has 4 aliphatic rings. The number of aromatic nitrogens is 1. The number of hydrogen-bond donors (Lipinski definition) is 3. The molecule has 1 aromatic heterocycles. The second-order valence-electron chi connectivity index (χ2n) is 11.8. The van der Waals surface area contributed by atoms with Gasteiger partial charge in [0.1, 0.15) is 11.5 Å². The number of hydrogen-bond acceptors (Lipinski definition) is 8. The number of anilines is 2. The zero-order valence-corrected chi connectivity index (χ0v) is 24.8. The van der Waals surface area contributed by atoms with Crippen molar-refractivity contribution in [3.05, 3.63) is 99.0 Å². The third-order valence-corrected chi connectivity index (χ3v) is 12.1. The van der Waals surface area contributed by atoms with Gasteiger partial charge < -0.3 is 20.1 Å². The van der Waals surface area contributed by atoms with Crippen LogP contribution in [0.1, 0.15) is 22.8 Å². The number of aromatic hydroxyl groups is 1. The van der Waals surface area contributed by atoms with Crippen molar-refractivity contribution in [1.29, 1.82) is 0 Å². The summed E-state index contributed by atoms with van der Waals surface area (Å²) in [6.45, 7) is -0.185. The highest BCUT2D eigenvalue weighted by molar-refractivity contribution is 8.00. The lowest BCUT2D eigenvalue weighted by Gasteiger charge is -2.43. The van der Waals surface area contributed by atoms with E-state index in [-0.39, 0.29) is 75.7 Å². The number of amides is 3. The molecule has 44 heavy (non-hydrogen) atoms. The van der Waals surface area contributed by atoms with Gasteiger partial charge in [0.25, 0.3) is 5.91 Å². The van der Waals surface area contributed by atoms with Gasteiger partial charge in [-0.3, -0.25) is 24.1 Å². The maximum Gasteiger partial charge on any atom is 0.305 e. The van der Waals surface area contributed by atoms with E-state index in [1.165, 1.54) is 28.4 Å². The topological polar surface area (TPSA) is 129 Å². The third-order valence-electron chi connectivity index (χ3n) is 9.50. The van der Waals surface area contributed by atoms with Crippen LogP contribution in [0.4, 0.5) is 11.4 Å². The lowest BCUT2D eigenvalue weighted by Crippen LogP contribution is -2.42. The standard InChI is InChI=1S/C33H27N3O6S2/c37-19-10-8-17(9-11-19)34-23(38)15-42-20-12-6-16(7-13-20)24-25-21-14-22(28(25)43-30-29(24)44-33(41)35-30)27-26(21)31(39)36(32(27)40)18-4-2-1-3-5-18/h1-13,21-22,24-28,37H,14-15H2,(H,34,38)(H,35,41)/t21-,22-,24+,25-,26+,27+,28-/m1/s1. The fraction of sp³-hybridized carbons (Fsp3) is 0.273. The van der Waals surface area contributed by atoms with Crippen LogP contribution in [0.15, 0.2) is 88.7 Å². The highest BCUT2D eigenvalue weighted by Gasteiger charge is 2.69. The minimum atomic E-state index is -0.357. The molecule has 1 saturated heterocycles. The van der Waals surface area contributed by atoms with Gasteiger partial charge in [-0.2, -0.15) is 0 Å². The number of carbonyl (C=O) groups is 3. The fourth-order valence-electron chi connectivity index (χ4n) is 7.88. The van der Waals surface area contributed by atoms with Crippen LogP contribution in [0.5, 0.6) is 11.5 Å². The van der Waals surface area contributed by atoms with Crippen molar-refractivity contribution in [3.63, 3.8) is 0 Å². The van der Waals surface area contributed by atoms with Crippen LogP contribution in [-0.4, -0.2) is 39.7 Å². The van der Waals surface area contributed by atoms with Gasteiger partial charge in [0.2, 0.25) is 11.8 Å². The fourth-order valence-corrected chi connectivity index (χ4v) is 10.8. The van der Waals surface area contributed by atoms with Gasteiger partial charge in [0.05, 0.1) is 22.5 Å².